The lowest BCUT2D eigenvalue weighted by Crippen LogP contribution is -2.42. The van der Waals surface area contributed by atoms with Crippen LogP contribution in [0.15, 0.2) is 24.3 Å². The molecule has 0 bridgehead atoms. The third kappa shape index (κ3) is 3.15. The first kappa shape index (κ1) is 15.3. The molecule has 2 rings (SSSR count). The van der Waals surface area contributed by atoms with Gasteiger partial charge in [-0.25, -0.2) is 9.18 Å². The molecule has 1 fully saturated rings. The molecule has 1 aliphatic rings. The minimum absolute atomic E-state index is 0.0710. The van der Waals surface area contributed by atoms with Crippen molar-refractivity contribution >= 4 is 17.7 Å². The van der Waals surface area contributed by atoms with Crippen LogP contribution < -0.4 is 4.90 Å². The molecule has 1 heterocycles. The maximum atomic E-state index is 13.0. The van der Waals surface area contributed by atoms with Crippen LogP contribution in [-0.2, 0) is 4.79 Å². The number of hydrogen-bond acceptors (Lipinski definition) is 2. The molecule has 1 N–H and O–H groups in total. The third-order valence-corrected chi connectivity index (χ3v) is 3.89. The minimum atomic E-state index is -0.873. The summed E-state index contributed by atoms with van der Waals surface area (Å²) in [5, 5.41) is 9.13. The van der Waals surface area contributed by atoms with Gasteiger partial charge in [0.25, 0.3) is 0 Å². The summed E-state index contributed by atoms with van der Waals surface area (Å²) in [5.74, 6) is -1.83. The van der Waals surface area contributed by atoms with E-state index in [1.54, 1.807) is 17.0 Å². The summed E-state index contributed by atoms with van der Waals surface area (Å²) < 4.78 is 13.0. The molecule has 5 nitrogen and oxygen atoms in total. The van der Waals surface area contributed by atoms with E-state index in [0.29, 0.717) is 18.8 Å². The van der Waals surface area contributed by atoms with Crippen molar-refractivity contribution in [1.29, 1.82) is 0 Å². The molecule has 0 radical (unpaired) electrons. The van der Waals surface area contributed by atoms with Gasteiger partial charge in [-0.3, -0.25) is 9.69 Å². The van der Waals surface area contributed by atoms with Gasteiger partial charge in [0.15, 0.2) is 0 Å². The number of nitrogens with zero attached hydrogens (tertiary/aromatic N) is 2. The number of halogens is 1. The zero-order chi connectivity index (χ0) is 15.6. The normalized spacial score (nSPS) is 21.4. The van der Waals surface area contributed by atoms with Crippen molar-refractivity contribution in [1.82, 2.24) is 4.90 Å². The number of anilines is 1. The van der Waals surface area contributed by atoms with Gasteiger partial charge < -0.3 is 10.0 Å². The average molecular weight is 294 g/mol. The number of carboxylic acid groups (broad SMARTS) is 1. The molecule has 0 aliphatic carbocycles. The van der Waals surface area contributed by atoms with Crippen LogP contribution in [0.5, 0.6) is 0 Å². The predicted octanol–water partition coefficient (Wildman–Crippen LogP) is 2.42. The van der Waals surface area contributed by atoms with E-state index < -0.39 is 11.9 Å². The van der Waals surface area contributed by atoms with Crippen LogP contribution in [0.4, 0.5) is 14.9 Å². The number of amides is 2. The number of aliphatic carboxylic acids is 1. The predicted molar refractivity (Wildman–Crippen MR) is 76.7 cm³/mol. The molecule has 2 atom stereocenters. The van der Waals surface area contributed by atoms with Crippen molar-refractivity contribution in [3.63, 3.8) is 0 Å². The SMILES string of the molecule is CCN(C(=O)N1C[C@@H](C)[C@H](C(=O)O)C1)c1ccc(F)cc1. The van der Waals surface area contributed by atoms with Crippen LogP contribution in [0.25, 0.3) is 0 Å². The van der Waals surface area contributed by atoms with Crippen molar-refractivity contribution in [2.24, 2.45) is 11.8 Å². The Labute approximate surface area is 123 Å². The van der Waals surface area contributed by atoms with E-state index in [0.717, 1.165) is 0 Å². The number of likely N-dealkylation sites (tertiary alicyclic amines) is 1. The summed E-state index contributed by atoms with van der Waals surface area (Å²) in [7, 11) is 0. The quantitative estimate of drug-likeness (QED) is 0.931. The Hall–Kier alpha value is -2.11. The smallest absolute Gasteiger partial charge is 0.324 e. The molecule has 114 valence electrons. The molecule has 6 heteroatoms. The van der Waals surface area contributed by atoms with Gasteiger partial charge in [0.1, 0.15) is 5.82 Å². The highest BCUT2D eigenvalue weighted by Gasteiger charge is 2.38. The van der Waals surface area contributed by atoms with Gasteiger partial charge in [-0.05, 0) is 37.1 Å². The Morgan fingerprint density at radius 2 is 1.95 bits per heavy atom. The standard InChI is InChI=1S/C15H19FN2O3/c1-3-18(12-6-4-11(16)5-7-12)15(21)17-8-10(2)13(9-17)14(19)20/h4-7,10,13H,3,8-9H2,1-2H3,(H,19,20)/t10-,13-/m1/s1. The lowest BCUT2D eigenvalue weighted by molar-refractivity contribution is -0.142. The number of benzene rings is 1. The van der Waals surface area contributed by atoms with Gasteiger partial charge >= 0.3 is 12.0 Å². The van der Waals surface area contributed by atoms with E-state index in [4.69, 9.17) is 5.11 Å². The molecule has 0 unspecified atom stereocenters. The van der Waals surface area contributed by atoms with Crippen molar-refractivity contribution in [2.45, 2.75) is 13.8 Å². The topological polar surface area (TPSA) is 60.9 Å². The summed E-state index contributed by atoms with van der Waals surface area (Å²) in [6.45, 7) is 4.74. The molecular weight excluding hydrogens is 275 g/mol. The Balaban J connectivity index is 2.14. The van der Waals surface area contributed by atoms with Crippen LogP contribution in [-0.4, -0.2) is 41.6 Å². The largest absolute Gasteiger partial charge is 0.481 e. The van der Waals surface area contributed by atoms with Gasteiger partial charge in [-0.15, -0.1) is 0 Å². The van der Waals surface area contributed by atoms with Crippen LogP contribution in [0.2, 0.25) is 0 Å². The summed E-state index contributed by atoms with van der Waals surface area (Å²) in [6.07, 6.45) is 0. The molecule has 0 aromatic heterocycles. The molecule has 1 saturated heterocycles. The van der Waals surface area contributed by atoms with Crippen LogP contribution in [0, 0.1) is 17.7 Å². The molecular formula is C15H19FN2O3. The molecule has 1 aromatic rings. The first-order chi connectivity index (χ1) is 9.93. The highest BCUT2D eigenvalue weighted by atomic mass is 19.1. The maximum absolute atomic E-state index is 13.0. The third-order valence-electron chi connectivity index (χ3n) is 3.89. The Kier molecular flexibility index (Phi) is 4.45. The zero-order valence-corrected chi connectivity index (χ0v) is 12.1. The summed E-state index contributed by atoms with van der Waals surface area (Å²) >= 11 is 0. The second-order valence-electron chi connectivity index (χ2n) is 5.33. The number of hydrogen-bond donors (Lipinski definition) is 1. The first-order valence-electron chi connectivity index (χ1n) is 6.98. The monoisotopic (exact) mass is 294 g/mol. The highest BCUT2D eigenvalue weighted by molar-refractivity contribution is 5.92. The number of carboxylic acids is 1. The Morgan fingerprint density at radius 3 is 2.43 bits per heavy atom. The average Bonchev–Trinajstić information content (AvgIpc) is 2.84. The molecule has 1 aliphatic heterocycles. The van der Waals surface area contributed by atoms with E-state index in [-0.39, 0.29) is 24.3 Å². The fourth-order valence-corrected chi connectivity index (χ4v) is 2.66. The molecule has 0 saturated carbocycles. The van der Waals surface area contributed by atoms with Crippen molar-refractivity contribution < 1.29 is 19.1 Å². The fourth-order valence-electron chi connectivity index (χ4n) is 2.66. The Morgan fingerprint density at radius 1 is 1.33 bits per heavy atom. The molecule has 2 amide bonds. The second-order valence-corrected chi connectivity index (χ2v) is 5.33. The molecule has 1 aromatic carbocycles. The highest BCUT2D eigenvalue weighted by Crippen LogP contribution is 2.26. The first-order valence-corrected chi connectivity index (χ1v) is 6.98. The van der Waals surface area contributed by atoms with Gasteiger partial charge in [0.05, 0.1) is 5.92 Å². The fraction of sp³-hybridized carbons (Fsp3) is 0.467. The number of rotatable bonds is 3. The van der Waals surface area contributed by atoms with E-state index in [9.17, 15) is 14.0 Å². The van der Waals surface area contributed by atoms with Crippen LogP contribution >= 0.6 is 0 Å². The molecule has 0 spiro atoms. The molecule has 21 heavy (non-hydrogen) atoms. The van der Waals surface area contributed by atoms with E-state index in [1.165, 1.54) is 17.0 Å². The minimum Gasteiger partial charge on any atom is -0.481 e. The van der Waals surface area contributed by atoms with Gasteiger partial charge in [0.2, 0.25) is 0 Å². The van der Waals surface area contributed by atoms with Crippen molar-refractivity contribution in [2.75, 3.05) is 24.5 Å². The van der Waals surface area contributed by atoms with Gasteiger partial charge in [0, 0.05) is 25.3 Å². The van der Waals surface area contributed by atoms with E-state index >= 15 is 0 Å². The van der Waals surface area contributed by atoms with Crippen LogP contribution in [0.3, 0.4) is 0 Å². The van der Waals surface area contributed by atoms with E-state index in [2.05, 4.69) is 0 Å². The van der Waals surface area contributed by atoms with Gasteiger partial charge in [-0.1, -0.05) is 6.92 Å². The van der Waals surface area contributed by atoms with Gasteiger partial charge in [-0.2, -0.15) is 0 Å². The van der Waals surface area contributed by atoms with E-state index in [1.807, 2.05) is 13.8 Å². The summed E-state index contributed by atoms with van der Waals surface area (Å²) in [4.78, 5) is 26.8. The van der Waals surface area contributed by atoms with Crippen molar-refractivity contribution in [3.05, 3.63) is 30.1 Å². The van der Waals surface area contributed by atoms with Crippen molar-refractivity contribution in [3.8, 4) is 0 Å². The number of carbonyl (C=O) groups excluding carboxylic acids is 1. The lowest BCUT2D eigenvalue weighted by atomic mass is 9.99. The summed E-state index contributed by atoms with van der Waals surface area (Å²) in [6, 6.07) is 5.46. The maximum Gasteiger partial charge on any atom is 0.324 e. The zero-order valence-electron chi connectivity index (χ0n) is 12.1. The second kappa shape index (κ2) is 6.11. The number of urea groups is 1. The Bertz CT molecular complexity index is 532. The lowest BCUT2D eigenvalue weighted by Gasteiger charge is -2.27. The summed E-state index contributed by atoms with van der Waals surface area (Å²) in [5.41, 5.74) is 0.607. The van der Waals surface area contributed by atoms with Crippen LogP contribution in [0.1, 0.15) is 13.8 Å². The number of carbonyl (C=O) groups is 2.